The summed E-state index contributed by atoms with van der Waals surface area (Å²) >= 11 is 10.9. The van der Waals surface area contributed by atoms with Gasteiger partial charge < -0.3 is 15.7 Å². The van der Waals surface area contributed by atoms with Crippen LogP contribution < -0.4 is 10.6 Å². The molecule has 6 heteroatoms. The van der Waals surface area contributed by atoms with Gasteiger partial charge in [0, 0.05) is 35.8 Å². The molecule has 0 saturated heterocycles. The first kappa shape index (κ1) is 7.72. The Morgan fingerprint density at radius 1 is 1.32 bits per heavy atom. The first-order valence-electron chi connectivity index (χ1n) is 9.18. The first-order valence-corrected chi connectivity index (χ1v) is 5.94. The summed E-state index contributed by atoms with van der Waals surface area (Å²) in [6.07, 6.45) is -0.0535. The van der Waals surface area contributed by atoms with E-state index in [9.17, 15) is 4.79 Å². The Hall–Kier alpha value is -0.970. The third-order valence-corrected chi connectivity index (χ3v) is 2.44. The largest absolute Gasteiger partial charge is 0.480 e. The second kappa shape index (κ2) is 8.25. The molecule has 0 fully saturated rings. The van der Waals surface area contributed by atoms with Crippen molar-refractivity contribution in [1.29, 1.82) is 0 Å². The number of halogens is 2. The van der Waals surface area contributed by atoms with Crippen LogP contribution in [0.15, 0.2) is 24.3 Å². The average Bonchev–Trinajstić information content (AvgIpc) is 2.46. The number of carbonyl (C=O) groups is 1. The molecule has 1 atom stereocenters. The van der Waals surface area contributed by atoms with Crippen LogP contribution in [-0.2, 0) is 11.2 Å². The molecule has 0 bridgehead atoms. The van der Waals surface area contributed by atoms with Crippen molar-refractivity contribution in [3.05, 3.63) is 29.8 Å². The molecule has 106 valence electrons. The molecule has 0 unspecified atom stereocenters. The topological polar surface area (TPSA) is 66.6 Å². The summed E-state index contributed by atoms with van der Waals surface area (Å²) in [6, 6.07) is 3.84. The van der Waals surface area contributed by atoms with Crippen LogP contribution in [0.1, 0.15) is 16.5 Å². The fourth-order valence-electron chi connectivity index (χ4n) is 1.36. The highest BCUT2D eigenvalue weighted by Crippen LogP contribution is 2.16. The maximum atomic E-state index is 10.8. The van der Waals surface area contributed by atoms with E-state index in [1.54, 1.807) is 0 Å². The molecule has 1 aromatic carbocycles. The molecule has 3 N–H and O–H groups in total. The highest BCUT2D eigenvalue weighted by Gasteiger charge is 2.12. The normalized spacial score (nSPS) is 21.4. The minimum Gasteiger partial charge on any atom is -0.480 e. The summed E-state index contributed by atoms with van der Waals surface area (Å²) < 4.78 is 61.7. The molecule has 0 aliphatic heterocycles. The zero-order valence-electron chi connectivity index (χ0n) is 17.7. The predicted molar refractivity (Wildman–Crippen MR) is 79.4 cm³/mol. The molecular formula is C13H18Cl2N2O2. The van der Waals surface area contributed by atoms with E-state index in [0.717, 1.165) is 0 Å². The van der Waals surface area contributed by atoms with E-state index in [1.165, 1.54) is 24.3 Å². The number of hydrogen-bond donors (Lipinski definition) is 2. The van der Waals surface area contributed by atoms with Gasteiger partial charge in [0.25, 0.3) is 0 Å². The molecule has 1 aromatic rings. The maximum Gasteiger partial charge on any atom is 0.320 e. The fourth-order valence-corrected chi connectivity index (χ4v) is 1.53. The zero-order valence-corrected chi connectivity index (χ0v) is 11.2. The zero-order chi connectivity index (χ0) is 21.4. The van der Waals surface area contributed by atoms with Crippen molar-refractivity contribution >= 4 is 34.9 Å². The van der Waals surface area contributed by atoms with Gasteiger partial charge in [-0.2, -0.15) is 0 Å². The van der Waals surface area contributed by atoms with Crippen LogP contribution in [0.2, 0.25) is 0 Å². The van der Waals surface area contributed by atoms with Crippen LogP contribution in [-0.4, -0.2) is 41.8 Å². The molecule has 19 heavy (non-hydrogen) atoms. The first-order chi connectivity index (χ1) is 11.9. The van der Waals surface area contributed by atoms with E-state index in [4.69, 9.17) is 45.0 Å². The number of carboxylic acid groups (broad SMARTS) is 1. The molecule has 1 rings (SSSR count). The molecule has 0 radical (unpaired) electrons. The smallest absolute Gasteiger partial charge is 0.320 e. The minimum atomic E-state index is -3.21. The van der Waals surface area contributed by atoms with Gasteiger partial charge in [-0.25, -0.2) is 0 Å². The van der Waals surface area contributed by atoms with Crippen molar-refractivity contribution in [3.8, 4) is 0 Å². The third kappa shape index (κ3) is 5.27. The van der Waals surface area contributed by atoms with Crippen LogP contribution in [0.4, 0.5) is 5.69 Å². The third-order valence-electron chi connectivity index (χ3n) is 2.28. The SMILES string of the molecule is [2H]C([2H])(Cl)C([2H])([2H])N(c1ccc(C[C@H](N)C(=O)O)cc1)C([2H])([2H])C([2H])([2H])Cl. The maximum absolute atomic E-state index is 10.8. The number of benzene rings is 1. The second-order valence-electron chi connectivity index (χ2n) is 3.56. The Bertz CT molecular complexity index is 650. The Balaban J connectivity index is 3.43. The molecule has 0 aromatic heterocycles. The summed E-state index contributed by atoms with van der Waals surface area (Å²) in [5.74, 6) is -7.43. The Morgan fingerprint density at radius 2 is 1.84 bits per heavy atom. The second-order valence-corrected chi connectivity index (χ2v) is 3.94. The summed E-state index contributed by atoms with van der Waals surface area (Å²) in [4.78, 5) is 11.0. The van der Waals surface area contributed by atoms with Gasteiger partial charge in [0.1, 0.15) is 6.04 Å². The highest BCUT2D eigenvalue weighted by molar-refractivity contribution is 6.18. The van der Waals surface area contributed by atoms with Gasteiger partial charge in [-0.1, -0.05) is 12.1 Å². The number of hydrogen-bond acceptors (Lipinski definition) is 3. The van der Waals surface area contributed by atoms with Gasteiger partial charge >= 0.3 is 5.97 Å². The number of anilines is 1. The standard InChI is InChI=1S/C13H18Cl2N2O2/c14-5-7-17(8-6-15)11-3-1-10(2-4-11)9-12(16)13(18)19/h1-4,12H,5-9,16H2,(H,18,19)/t12-/m0/s1/i5D2,6D2,7D2,8D2. The summed E-state index contributed by atoms with van der Waals surface area (Å²) in [5.41, 5.74) is 5.62. The Kier molecular flexibility index (Phi) is 3.35. The van der Waals surface area contributed by atoms with E-state index < -0.39 is 36.7 Å². The highest BCUT2D eigenvalue weighted by atomic mass is 35.5. The molecule has 0 heterocycles. The molecule has 0 aliphatic carbocycles. The van der Waals surface area contributed by atoms with Gasteiger partial charge in [0.05, 0.1) is 5.48 Å². The lowest BCUT2D eigenvalue weighted by atomic mass is 10.1. The van der Waals surface area contributed by atoms with Crippen molar-refractivity contribution in [2.45, 2.75) is 12.5 Å². The Morgan fingerprint density at radius 3 is 2.26 bits per heavy atom. The molecule has 0 spiro atoms. The minimum absolute atomic E-state index is 0.0535. The van der Waals surface area contributed by atoms with Gasteiger partial charge in [-0.3, -0.25) is 4.79 Å². The average molecular weight is 313 g/mol. The molecule has 0 amide bonds. The van der Waals surface area contributed by atoms with Gasteiger partial charge in [0.15, 0.2) is 0 Å². The number of nitrogens with zero attached hydrogens (tertiary/aromatic N) is 1. The lowest BCUT2D eigenvalue weighted by Crippen LogP contribution is -2.32. The predicted octanol–water partition coefficient (Wildman–Crippen LogP) is 1.92. The monoisotopic (exact) mass is 312 g/mol. The van der Waals surface area contributed by atoms with Crippen molar-refractivity contribution in [1.82, 2.24) is 0 Å². The lowest BCUT2D eigenvalue weighted by molar-refractivity contribution is -0.138. The molecule has 0 saturated carbocycles. The van der Waals surface area contributed by atoms with Gasteiger partial charge in [-0.05, 0) is 24.1 Å². The van der Waals surface area contributed by atoms with Crippen molar-refractivity contribution in [2.75, 3.05) is 29.6 Å². The van der Waals surface area contributed by atoms with Crippen molar-refractivity contribution < 1.29 is 20.9 Å². The number of carboxylic acids is 1. The number of rotatable bonds is 8. The van der Waals surface area contributed by atoms with E-state index >= 15 is 0 Å². The van der Waals surface area contributed by atoms with E-state index in [2.05, 4.69) is 0 Å². The van der Waals surface area contributed by atoms with Crippen molar-refractivity contribution in [3.63, 3.8) is 0 Å². The van der Waals surface area contributed by atoms with Crippen LogP contribution in [0.25, 0.3) is 0 Å². The number of nitrogens with two attached hydrogens (primary N) is 1. The van der Waals surface area contributed by atoms with E-state index in [1.807, 2.05) is 0 Å². The fraction of sp³-hybridized carbons (Fsp3) is 0.462. The van der Waals surface area contributed by atoms with Crippen molar-refractivity contribution in [2.24, 2.45) is 5.73 Å². The van der Waals surface area contributed by atoms with Crippen LogP contribution in [0.3, 0.4) is 0 Å². The number of aliphatic carboxylic acids is 1. The van der Waals surface area contributed by atoms with E-state index in [0.29, 0.717) is 5.56 Å². The molecular weight excluding hydrogens is 287 g/mol. The Labute approximate surface area is 134 Å². The van der Waals surface area contributed by atoms with Crippen LogP contribution >= 0.6 is 23.2 Å². The van der Waals surface area contributed by atoms with E-state index in [-0.39, 0.29) is 17.0 Å². The molecule has 4 nitrogen and oxygen atoms in total. The summed E-state index contributed by atoms with van der Waals surface area (Å²) in [7, 11) is 0. The van der Waals surface area contributed by atoms with Crippen LogP contribution in [0, 0.1) is 0 Å². The number of alkyl halides is 2. The quantitative estimate of drug-likeness (QED) is 0.720. The lowest BCUT2D eigenvalue weighted by Gasteiger charge is -2.23. The molecule has 0 aliphatic rings. The van der Waals surface area contributed by atoms with Crippen LogP contribution in [0.5, 0.6) is 0 Å². The summed E-state index contributed by atoms with van der Waals surface area (Å²) in [5, 5.41) is 8.83. The van der Waals surface area contributed by atoms with Gasteiger partial charge in [0.2, 0.25) is 0 Å². The summed E-state index contributed by atoms with van der Waals surface area (Å²) in [6.45, 7) is -6.42. The van der Waals surface area contributed by atoms with Gasteiger partial charge in [-0.15, -0.1) is 23.2 Å².